The van der Waals surface area contributed by atoms with Crippen LogP contribution >= 0.6 is 24.0 Å². The first-order chi connectivity index (χ1) is 10.8. The third kappa shape index (κ3) is 3.80. The van der Waals surface area contributed by atoms with Gasteiger partial charge in [0.1, 0.15) is 10.4 Å². The summed E-state index contributed by atoms with van der Waals surface area (Å²) < 4.78 is 0.100. The van der Waals surface area contributed by atoms with E-state index in [4.69, 9.17) is 17.3 Å². The van der Waals surface area contributed by atoms with Crippen molar-refractivity contribution in [1.29, 1.82) is 0 Å². The van der Waals surface area contributed by atoms with Crippen LogP contribution in [-0.2, 0) is 9.59 Å². The van der Waals surface area contributed by atoms with Crippen LogP contribution in [0.2, 0.25) is 0 Å². The van der Waals surface area contributed by atoms with Crippen LogP contribution < -0.4 is 5.11 Å². The van der Waals surface area contributed by atoms with Crippen molar-refractivity contribution in [2.24, 2.45) is 0 Å². The third-order valence-corrected chi connectivity index (χ3v) is 4.81. The van der Waals surface area contributed by atoms with Crippen LogP contribution in [0.1, 0.15) is 30.9 Å². The van der Waals surface area contributed by atoms with Gasteiger partial charge < -0.3 is 15.0 Å². The molecule has 0 spiro atoms. The molecule has 1 atom stereocenters. The van der Waals surface area contributed by atoms with Crippen LogP contribution in [0.4, 0.5) is 0 Å². The minimum atomic E-state index is -1.54. The lowest BCUT2D eigenvalue weighted by molar-refractivity contribution is -0.311. The molecule has 0 radical (unpaired) electrons. The lowest BCUT2D eigenvalue weighted by Crippen LogP contribution is -2.51. The summed E-state index contributed by atoms with van der Waals surface area (Å²) in [6.45, 7) is 3.44. The number of aliphatic hydroxyl groups is 1. The number of nitrogens with zero attached hydrogens (tertiary/aromatic N) is 1. The molecule has 23 heavy (non-hydrogen) atoms. The van der Waals surface area contributed by atoms with E-state index in [9.17, 15) is 14.7 Å². The Balaban J connectivity index is 2.26. The molecule has 1 fully saturated rings. The van der Waals surface area contributed by atoms with Gasteiger partial charge in [0.15, 0.2) is 0 Å². The number of thioether (sulfide) groups is 1. The van der Waals surface area contributed by atoms with Crippen LogP contribution in [-0.4, -0.2) is 38.9 Å². The predicted molar refractivity (Wildman–Crippen MR) is 91.4 cm³/mol. The molecule has 1 amide bonds. The smallest absolute Gasteiger partial charge is 0.266 e. The van der Waals surface area contributed by atoms with Crippen LogP contribution in [0.25, 0.3) is 6.08 Å². The van der Waals surface area contributed by atoms with Crippen molar-refractivity contribution in [2.45, 2.75) is 25.8 Å². The summed E-state index contributed by atoms with van der Waals surface area (Å²) in [6, 6.07) is 6.29. The first-order valence-electron chi connectivity index (χ1n) is 7.04. The van der Waals surface area contributed by atoms with Gasteiger partial charge in [0, 0.05) is 0 Å². The van der Waals surface area contributed by atoms with E-state index >= 15 is 0 Å². The summed E-state index contributed by atoms with van der Waals surface area (Å²) in [7, 11) is 0. The van der Waals surface area contributed by atoms with E-state index in [1.165, 1.54) is 5.56 Å². The van der Waals surface area contributed by atoms with E-state index in [2.05, 4.69) is 13.8 Å². The van der Waals surface area contributed by atoms with E-state index in [0.717, 1.165) is 22.2 Å². The molecule has 1 aromatic rings. The lowest BCUT2D eigenvalue weighted by atomic mass is 10.0. The van der Waals surface area contributed by atoms with Crippen molar-refractivity contribution in [2.75, 3.05) is 6.61 Å². The average molecular weight is 350 g/mol. The number of hydrogen-bond donors (Lipinski definition) is 1. The lowest BCUT2D eigenvalue weighted by Gasteiger charge is -2.25. The van der Waals surface area contributed by atoms with E-state index in [0.29, 0.717) is 10.8 Å². The number of aliphatic hydroxyl groups excluding tert-OH is 1. The van der Waals surface area contributed by atoms with E-state index in [-0.39, 0.29) is 4.32 Å². The molecule has 1 saturated heterocycles. The minimum absolute atomic E-state index is 0.100. The standard InChI is InChI=1S/C16H17NO4S2/c1-9(2)11-5-3-10(4-6-11)7-13-14(19)17(16(22)23-13)12(8-18)15(20)21/h3-7,9,12,18H,8H2,1-2H3,(H,20,21)/p-1/b13-7-/t12-/m1/s1. The van der Waals surface area contributed by atoms with Crippen molar-refractivity contribution in [3.05, 3.63) is 40.3 Å². The zero-order chi connectivity index (χ0) is 17.1. The molecular weight excluding hydrogens is 334 g/mol. The molecule has 0 unspecified atom stereocenters. The number of benzene rings is 1. The van der Waals surface area contributed by atoms with Crippen molar-refractivity contribution < 1.29 is 19.8 Å². The number of aliphatic carboxylic acids is 1. The van der Waals surface area contributed by atoms with Gasteiger partial charge in [-0.3, -0.25) is 9.69 Å². The number of rotatable bonds is 5. The number of carboxylic acid groups (broad SMARTS) is 1. The molecule has 5 nitrogen and oxygen atoms in total. The van der Waals surface area contributed by atoms with Crippen LogP contribution in [0, 0.1) is 0 Å². The minimum Gasteiger partial charge on any atom is -0.548 e. The molecule has 1 aliphatic heterocycles. The first kappa shape index (κ1) is 17.7. The highest BCUT2D eigenvalue weighted by molar-refractivity contribution is 8.26. The quantitative estimate of drug-likeness (QED) is 0.633. The summed E-state index contributed by atoms with van der Waals surface area (Å²) in [5.41, 5.74) is 2.01. The van der Waals surface area contributed by atoms with E-state index in [1.54, 1.807) is 6.08 Å². The van der Waals surface area contributed by atoms with Gasteiger partial charge in [-0.25, -0.2) is 0 Å². The number of thiocarbonyl (C=S) groups is 1. The number of hydrogen-bond acceptors (Lipinski definition) is 6. The number of carboxylic acids is 1. The monoisotopic (exact) mass is 350 g/mol. The SMILES string of the molecule is CC(C)c1ccc(/C=C2\SC(=S)N([C@H](CO)C(=O)[O-])C2=O)cc1. The van der Waals surface area contributed by atoms with Gasteiger partial charge >= 0.3 is 0 Å². The second kappa shape index (κ2) is 7.25. The number of carbonyl (C=O) groups is 2. The Morgan fingerprint density at radius 3 is 2.48 bits per heavy atom. The summed E-state index contributed by atoms with van der Waals surface area (Å²) >= 11 is 6.07. The fraction of sp³-hybridized carbons (Fsp3) is 0.312. The van der Waals surface area contributed by atoms with Gasteiger partial charge in [0.25, 0.3) is 5.91 Å². The van der Waals surface area contributed by atoms with Crippen molar-refractivity contribution >= 4 is 46.3 Å². The van der Waals surface area contributed by atoms with Gasteiger partial charge in [0.05, 0.1) is 17.5 Å². The fourth-order valence-electron chi connectivity index (χ4n) is 2.14. The summed E-state index contributed by atoms with van der Waals surface area (Å²) in [5.74, 6) is -1.65. The largest absolute Gasteiger partial charge is 0.548 e. The van der Waals surface area contributed by atoms with Crippen molar-refractivity contribution in [3.8, 4) is 0 Å². The number of carbonyl (C=O) groups excluding carboxylic acids is 2. The molecule has 1 aromatic carbocycles. The van der Waals surface area contributed by atoms with Gasteiger partial charge in [-0.2, -0.15) is 0 Å². The molecule has 1 heterocycles. The second-order valence-corrected chi connectivity index (χ2v) is 7.07. The molecule has 7 heteroatoms. The summed E-state index contributed by atoms with van der Waals surface area (Å²) in [4.78, 5) is 24.6. The highest BCUT2D eigenvalue weighted by Crippen LogP contribution is 2.34. The van der Waals surface area contributed by atoms with Gasteiger partial charge in [-0.05, 0) is 23.1 Å². The summed E-state index contributed by atoms with van der Waals surface area (Å²) in [5, 5.41) is 20.2. The highest BCUT2D eigenvalue weighted by Gasteiger charge is 2.37. The Kier molecular flexibility index (Phi) is 5.56. The topological polar surface area (TPSA) is 80.7 Å². The average Bonchev–Trinajstić information content (AvgIpc) is 2.76. The van der Waals surface area contributed by atoms with Crippen molar-refractivity contribution in [3.63, 3.8) is 0 Å². The molecule has 0 saturated carbocycles. The maximum absolute atomic E-state index is 12.3. The highest BCUT2D eigenvalue weighted by atomic mass is 32.2. The zero-order valence-corrected chi connectivity index (χ0v) is 14.3. The van der Waals surface area contributed by atoms with Gasteiger partial charge in [-0.15, -0.1) is 0 Å². The maximum atomic E-state index is 12.3. The van der Waals surface area contributed by atoms with E-state index < -0.39 is 24.5 Å². The molecule has 1 aliphatic rings. The Labute approximate surface area is 144 Å². The van der Waals surface area contributed by atoms with Gasteiger partial charge in [-0.1, -0.05) is 62.1 Å². The van der Waals surface area contributed by atoms with Crippen LogP contribution in [0.15, 0.2) is 29.2 Å². The Bertz CT molecular complexity index is 667. The second-order valence-electron chi connectivity index (χ2n) is 5.39. The Morgan fingerprint density at radius 2 is 2.00 bits per heavy atom. The van der Waals surface area contributed by atoms with Crippen LogP contribution in [0.3, 0.4) is 0 Å². The van der Waals surface area contributed by atoms with Gasteiger partial charge in [0.2, 0.25) is 0 Å². The van der Waals surface area contributed by atoms with Crippen molar-refractivity contribution in [1.82, 2.24) is 4.90 Å². The maximum Gasteiger partial charge on any atom is 0.266 e. The summed E-state index contributed by atoms with van der Waals surface area (Å²) in [6.07, 6.45) is 1.66. The molecule has 0 aliphatic carbocycles. The molecule has 2 rings (SSSR count). The molecule has 1 N–H and O–H groups in total. The molecule has 0 aromatic heterocycles. The first-order valence-corrected chi connectivity index (χ1v) is 8.26. The Hall–Kier alpha value is -1.70. The van der Waals surface area contributed by atoms with E-state index in [1.807, 2.05) is 24.3 Å². The number of amides is 1. The molecular formula is C16H16NO4S2-. The normalized spacial score (nSPS) is 18.1. The Morgan fingerprint density at radius 1 is 1.39 bits per heavy atom. The zero-order valence-electron chi connectivity index (χ0n) is 12.7. The predicted octanol–water partition coefficient (Wildman–Crippen LogP) is 1.12. The van der Waals surface area contributed by atoms with Crippen LogP contribution in [0.5, 0.6) is 0 Å². The fourth-order valence-corrected chi connectivity index (χ4v) is 3.50. The molecule has 122 valence electrons. The third-order valence-electron chi connectivity index (χ3n) is 3.48. The molecule has 0 bridgehead atoms.